The molecule has 3 rings (SSSR count). The Kier molecular flexibility index (Phi) is 6.81. The fraction of sp³-hybridized carbons (Fsp3) is 0.120. The average molecular weight is 463 g/mol. The van der Waals surface area contributed by atoms with E-state index in [0.717, 1.165) is 32.3 Å². The van der Waals surface area contributed by atoms with Crippen molar-refractivity contribution in [1.82, 2.24) is 0 Å². The fourth-order valence-electron chi connectivity index (χ4n) is 3.11. The lowest BCUT2D eigenvalue weighted by Crippen LogP contribution is -2.14. The molecule has 0 aromatic heterocycles. The number of carbonyl (C=O) groups excluding carboxylic acids is 1. The molecule has 1 amide bonds. The van der Waals surface area contributed by atoms with Crippen LogP contribution in [0, 0.1) is 31.0 Å². The Morgan fingerprint density at radius 1 is 1.13 bits per heavy atom. The molecule has 0 aliphatic carbocycles. The molecule has 150 valence electrons. The van der Waals surface area contributed by atoms with E-state index in [-0.39, 0.29) is 11.4 Å². The van der Waals surface area contributed by atoms with Crippen LogP contribution < -0.4 is 5.32 Å². The van der Waals surface area contributed by atoms with Gasteiger partial charge >= 0.3 is 0 Å². The van der Waals surface area contributed by atoms with Crippen LogP contribution in [0.15, 0.2) is 70.7 Å². The minimum Gasteiger partial charge on any atom is -0.321 e. The zero-order valence-corrected chi connectivity index (χ0v) is 18.3. The summed E-state index contributed by atoms with van der Waals surface area (Å²) in [5, 5.41) is 12.4. The van der Waals surface area contributed by atoms with Gasteiger partial charge in [-0.2, -0.15) is 5.26 Å². The average Bonchev–Trinajstić information content (AvgIpc) is 2.71. The number of nitrogens with one attached hydrogen (secondary N) is 1. The minimum atomic E-state index is -0.470. The molecule has 3 aromatic rings. The molecule has 0 unspecified atom stereocenters. The molecule has 0 aliphatic rings. The first-order valence-electron chi connectivity index (χ1n) is 9.39. The number of hydrogen-bond donors (Lipinski definition) is 1. The van der Waals surface area contributed by atoms with Crippen molar-refractivity contribution in [1.29, 1.82) is 5.26 Å². The molecule has 3 aromatic carbocycles. The van der Waals surface area contributed by atoms with Crippen molar-refractivity contribution in [3.05, 3.63) is 104 Å². The topological polar surface area (TPSA) is 52.9 Å². The molecule has 0 saturated carbocycles. The molecule has 0 radical (unpaired) electrons. The van der Waals surface area contributed by atoms with Crippen LogP contribution in [-0.2, 0) is 11.2 Å². The number of carbonyl (C=O) groups is 1. The number of nitrogens with zero attached hydrogens (tertiary/aromatic N) is 1. The maximum absolute atomic E-state index is 13.6. The van der Waals surface area contributed by atoms with Crippen LogP contribution in [0.4, 0.5) is 10.1 Å². The van der Waals surface area contributed by atoms with Crippen LogP contribution in [0.2, 0.25) is 0 Å². The van der Waals surface area contributed by atoms with Gasteiger partial charge in [-0.15, -0.1) is 0 Å². The van der Waals surface area contributed by atoms with Crippen molar-refractivity contribution in [2.75, 3.05) is 5.32 Å². The van der Waals surface area contributed by atoms with Crippen molar-refractivity contribution < 1.29 is 9.18 Å². The van der Waals surface area contributed by atoms with Gasteiger partial charge in [-0.25, -0.2) is 4.39 Å². The molecular weight excluding hydrogens is 443 g/mol. The van der Waals surface area contributed by atoms with Gasteiger partial charge in [0.05, 0.1) is 0 Å². The lowest BCUT2D eigenvalue weighted by Gasteiger charge is -2.11. The smallest absolute Gasteiger partial charge is 0.266 e. The van der Waals surface area contributed by atoms with Gasteiger partial charge in [-0.3, -0.25) is 4.79 Å². The fourth-order valence-corrected chi connectivity index (χ4v) is 3.49. The largest absolute Gasteiger partial charge is 0.321 e. The van der Waals surface area contributed by atoms with E-state index < -0.39 is 5.91 Å². The summed E-state index contributed by atoms with van der Waals surface area (Å²) in [5.74, 6) is -0.768. The minimum absolute atomic E-state index is 0.00509. The van der Waals surface area contributed by atoms with Crippen molar-refractivity contribution >= 4 is 33.6 Å². The Bertz CT molecular complexity index is 1180. The Hall–Kier alpha value is -3.23. The van der Waals surface area contributed by atoms with E-state index in [1.807, 2.05) is 62.4 Å². The third-order valence-electron chi connectivity index (χ3n) is 4.91. The van der Waals surface area contributed by atoms with E-state index in [1.165, 1.54) is 12.1 Å². The predicted octanol–water partition coefficient (Wildman–Crippen LogP) is 6.34. The van der Waals surface area contributed by atoms with E-state index in [4.69, 9.17) is 0 Å². The summed E-state index contributed by atoms with van der Waals surface area (Å²) in [6.07, 6.45) is 2.05. The second-order valence-corrected chi connectivity index (χ2v) is 7.94. The molecule has 0 heterocycles. The summed E-state index contributed by atoms with van der Waals surface area (Å²) < 4.78 is 14.4. The van der Waals surface area contributed by atoms with Crippen molar-refractivity contribution in [3.8, 4) is 6.07 Å². The number of benzene rings is 3. The molecule has 0 saturated heterocycles. The molecule has 3 nitrogen and oxygen atoms in total. The highest BCUT2D eigenvalue weighted by atomic mass is 79.9. The highest BCUT2D eigenvalue weighted by Crippen LogP contribution is 2.24. The monoisotopic (exact) mass is 462 g/mol. The van der Waals surface area contributed by atoms with Gasteiger partial charge in [0.15, 0.2) is 0 Å². The predicted molar refractivity (Wildman–Crippen MR) is 121 cm³/mol. The van der Waals surface area contributed by atoms with Gasteiger partial charge in [-0.05, 0) is 84.5 Å². The van der Waals surface area contributed by atoms with Crippen LogP contribution in [-0.4, -0.2) is 5.91 Å². The van der Waals surface area contributed by atoms with E-state index >= 15 is 0 Å². The Balaban J connectivity index is 1.93. The first-order chi connectivity index (χ1) is 14.4. The summed E-state index contributed by atoms with van der Waals surface area (Å²) in [6, 6.07) is 19.6. The second-order valence-electron chi connectivity index (χ2n) is 7.02. The molecule has 0 spiro atoms. The number of aryl methyl sites for hydroxylation is 1. The maximum Gasteiger partial charge on any atom is 0.266 e. The van der Waals surface area contributed by atoms with Gasteiger partial charge in [0.2, 0.25) is 0 Å². The van der Waals surface area contributed by atoms with Crippen LogP contribution in [0.5, 0.6) is 0 Å². The van der Waals surface area contributed by atoms with E-state index in [0.29, 0.717) is 12.1 Å². The van der Waals surface area contributed by atoms with Gasteiger partial charge in [0.1, 0.15) is 17.5 Å². The molecule has 1 N–H and O–H groups in total. The molecule has 0 atom stereocenters. The molecule has 0 aliphatic heterocycles. The van der Waals surface area contributed by atoms with Crippen LogP contribution >= 0.6 is 15.9 Å². The number of rotatable bonds is 5. The third kappa shape index (κ3) is 5.22. The quantitative estimate of drug-likeness (QED) is 0.355. The van der Waals surface area contributed by atoms with E-state index in [1.54, 1.807) is 12.1 Å². The number of nitriles is 1. The van der Waals surface area contributed by atoms with E-state index in [9.17, 15) is 14.4 Å². The molecule has 0 fully saturated rings. The number of hydrogen-bond acceptors (Lipinski definition) is 2. The van der Waals surface area contributed by atoms with Crippen molar-refractivity contribution in [3.63, 3.8) is 0 Å². The van der Waals surface area contributed by atoms with Gasteiger partial charge in [-0.1, -0.05) is 46.3 Å². The molecule has 30 heavy (non-hydrogen) atoms. The summed E-state index contributed by atoms with van der Waals surface area (Å²) >= 11 is 3.44. The highest BCUT2D eigenvalue weighted by Gasteiger charge is 2.13. The molecule has 0 bridgehead atoms. The lowest BCUT2D eigenvalue weighted by molar-refractivity contribution is -0.112. The summed E-state index contributed by atoms with van der Waals surface area (Å²) in [6.45, 7) is 3.89. The zero-order chi connectivity index (χ0) is 21.7. The lowest BCUT2D eigenvalue weighted by atomic mass is 9.98. The van der Waals surface area contributed by atoms with Gasteiger partial charge in [0.25, 0.3) is 5.91 Å². The number of anilines is 1. The third-order valence-corrected chi connectivity index (χ3v) is 5.40. The SMILES string of the molecule is Cc1cccc(NC(=O)/C(C#N)=C/c2cc(Br)ccc2Cc2cccc(F)c2)c1C. The Morgan fingerprint density at radius 3 is 2.63 bits per heavy atom. The number of amides is 1. The summed E-state index contributed by atoms with van der Waals surface area (Å²) in [7, 11) is 0. The summed E-state index contributed by atoms with van der Waals surface area (Å²) in [5.41, 5.74) is 5.10. The maximum atomic E-state index is 13.6. The first kappa shape index (κ1) is 21.5. The van der Waals surface area contributed by atoms with Crippen LogP contribution in [0.25, 0.3) is 6.08 Å². The summed E-state index contributed by atoms with van der Waals surface area (Å²) in [4.78, 5) is 12.7. The van der Waals surface area contributed by atoms with Crippen molar-refractivity contribution in [2.45, 2.75) is 20.3 Å². The zero-order valence-electron chi connectivity index (χ0n) is 16.7. The molecule has 5 heteroatoms. The molecular formula is C25H20BrFN2O. The Morgan fingerprint density at radius 2 is 1.90 bits per heavy atom. The second kappa shape index (κ2) is 9.51. The van der Waals surface area contributed by atoms with Crippen LogP contribution in [0.1, 0.15) is 27.8 Å². The van der Waals surface area contributed by atoms with Crippen LogP contribution in [0.3, 0.4) is 0 Å². The van der Waals surface area contributed by atoms with Gasteiger partial charge < -0.3 is 5.32 Å². The van der Waals surface area contributed by atoms with Gasteiger partial charge in [0, 0.05) is 10.2 Å². The normalized spacial score (nSPS) is 11.1. The number of halogens is 2. The standard InChI is InChI=1S/C25H20BrFN2O/c1-16-5-3-8-24(17(16)2)29-25(30)21(15-28)13-20-14-22(26)10-9-19(20)11-18-6-4-7-23(27)12-18/h3-10,12-14H,11H2,1-2H3,(H,29,30)/b21-13+. The Labute approximate surface area is 184 Å². The first-order valence-corrected chi connectivity index (χ1v) is 10.2. The van der Waals surface area contributed by atoms with Crippen molar-refractivity contribution in [2.24, 2.45) is 0 Å². The highest BCUT2D eigenvalue weighted by molar-refractivity contribution is 9.10. The van der Waals surface area contributed by atoms with E-state index in [2.05, 4.69) is 21.2 Å².